The smallest absolute Gasteiger partial charge is 0.280 e. The average Bonchev–Trinajstić information content (AvgIpc) is 3.38. The number of rotatable bonds is 5. The van der Waals surface area contributed by atoms with Gasteiger partial charge in [0.1, 0.15) is 11.5 Å². The molecule has 1 N–H and O–H groups in total. The van der Waals surface area contributed by atoms with Crippen molar-refractivity contribution in [3.8, 4) is 0 Å². The molecule has 3 aromatic rings. The molecule has 0 saturated heterocycles. The highest BCUT2D eigenvalue weighted by molar-refractivity contribution is 5.93. The van der Waals surface area contributed by atoms with Crippen molar-refractivity contribution in [2.24, 2.45) is 0 Å². The summed E-state index contributed by atoms with van der Waals surface area (Å²) in [5, 5.41) is 6.62. The molecule has 2 heterocycles. The molecule has 1 aliphatic rings. The van der Waals surface area contributed by atoms with Crippen LogP contribution in [0, 0.1) is 5.82 Å². The van der Waals surface area contributed by atoms with Gasteiger partial charge in [-0.1, -0.05) is 12.1 Å². The molecular formula is C18H15F3N4O. The molecule has 1 fully saturated rings. The summed E-state index contributed by atoms with van der Waals surface area (Å²) in [4.78, 5) is 16.6. The van der Waals surface area contributed by atoms with Gasteiger partial charge in [0, 0.05) is 24.2 Å². The van der Waals surface area contributed by atoms with Crippen molar-refractivity contribution in [2.75, 3.05) is 0 Å². The van der Waals surface area contributed by atoms with Crippen LogP contribution in [0.2, 0.25) is 0 Å². The number of carbonyl (C=O) groups is 1. The first-order valence-electron chi connectivity index (χ1n) is 8.22. The van der Waals surface area contributed by atoms with Gasteiger partial charge in [0.05, 0.1) is 0 Å². The maximum Gasteiger partial charge on any atom is 0.280 e. The summed E-state index contributed by atoms with van der Waals surface area (Å²) in [6, 6.07) is 8.46. The Hall–Kier alpha value is -2.90. The number of carbonyl (C=O) groups excluding carboxylic acids is 1. The molecule has 0 bridgehead atoms. The maximum atomic E-state index is 13.4. The predicted octanol–water partition coefficient (Wildman–Crippen LogP) is 3.61. The average molecular weight is 360 g/mol. The van der Waals surface area contributed by atoms with Crippen molar-refractivity contribution in [3.05, 3.63) is 64.9 Å². The minimum absolute atomic E-state index is 0.00876. The molecule has 0 spiro atoms. The fourth-order valence-electron chi connectivity index (χ4n) is 2.75. The third kappa shape index (κ3) is 3.26. The number of hydrogen-bond acceptors (Lipinski definition) is 3. The van der Waals surface area contributed by atoms with Crippen LogP contribution in [0.1, 0.15) is 52.6 Å². The number of amides is 1. The Balaban J connectivity index is 1.58. The molecular weight excluding hydrogens is 345 g/mol. The molecule has 0 aliphatic heterocycles. The predicted molar refractivity (Wildman–Crippen MR) is 87.5 cm³/mol. The van der Waals surface area contributed by atoms with Crippen LogP contribution in [0.15, 0.2) is 36.4 Å². The van der Waals surface area contributed by atoms with E-state index >= 15 is 0 Å². The van der Waals surface area contributed by atoms with Crippen LogP contribution in [0.25, 0.3) is 5.65 Å². The van der Waals surface area contributed by atoms with Crippen LogP contribution >= 0.6 is 0 Å². The molecule has 0 unspecified atom stereocenters. The summed E-state index contributed by atoms with van der Waals surface area (Å²) in [7, 11) is 0. The standard InChI is InChI=1S/C18H15F3N4O/c19-12-5-1-10(2-6-12)9-22-18(26)14-8-16-23-13(11-3-4-11)7-15(17(20)21)25(16)24-14/h1-2,5-8,11,17H,3-4,9H2,(H,22,26). The molecule has 0 radical (unpaired) electrons. The summed E-state index contributed by atoms with van der Waals surface area (Å²) >= 11 is 0. The molecule has 2 aromatic heterocycles. The minimum atomic E-state index is -2.71. The number of fused-ring (bicyclic) bond motifs is 1. The number of hydrogen-bond donors (Lipinski definition) is 1. The van der Waals surface area contributed by atoms with E-state index in [4.69, 9.17) is 0 Å². The first kappa shape index (κ1) is 16.6. The third-order valence-electron chi connectivity index (χ3n) is 4.29. The molecule has 134 valence electrons. The van der Waals surface area contributed by atoms with Crippen LogP contribution in [-0.4, -0.2) is 20.5 Å². The lowest BCUT2D eigenvalue weighted by Gasteiger charge is -2.06. The summed E-state index contributed by atoms with van der Waals surface area (Å²) in [6.07, 6.45) is -0.844. The van der Waals surface area contributed by atoms with E-state index in [0.717, 1.165) is 17.4 Å². The molecule has 26 heavy (non-hydrogen) atoms. The first-order valence-corrected chi connectivity index (χ1v) is 8.22. The number of alkyl halides is 2. The van der Waals surface area contributed by atoms with Gasteiger partial charge in [0.2, 0.25) is 0 Å². The Morgan fingerprint density at radius 3 is 2.62 bits per heavy atom. The van der Waals surface area contributed by atoms with E-state index in [0.29, 0.717) is 11.3 Å². The van der Waals surface area contributed by atoms with E-state index in [2.05, 4.69) is 15.4 Å². The number of nitrogens with zero attached hydrogens (tertiary/aromatic N) is 3. The number of halogens is 3. The lowest BCUT2D eigenvalue weighted by Crippen LogP contribution is -2.23. The van der Waals surface area contributed by atoms with Crippen molar-refractivity contribution < 1.29 is 18.0 Å². The van der Waals surface area contributed by atoms with E-state index in [1.165, 1.54) is 24.3 Å². The van der Waals surface area contributed by atoms with E-state index in [1.54, 1.807) is 12.1 Å². The van der Waals surface area contributed by atoms with Gasteiger partial charge in [-0.05, 0) is 36.6 Å². The van der Waals surface area contributed by atoms with Crippen molar-refractivity contribution in [1.82, 2.24) is 19.9 Å². The van der Waals surface area contributed by atoms with Crippen LogP contribution < -0.4 is 5.32 Å². The highest BCUT2D eigenvalue weighted by Gasteiger charge is 2.28. The topological polar surface area (TPSA) is 59.3 Å². The Bertz CT molecular complexity index is 964. The SMILES string of the molecule is O=C(NCc1ccc(F)cc1)c1cc2nc(C3CC3)cc(C(F)F)n2n1. The molecule has 0 atom stereocenters. The van der Waals surface area contributed by atoms with Crippen LogP contribution in [-0.2, 0) is 6.54 Å². The summed E-state index contributed by atoms with van der Waals surface area (Å²) < 4.78 is 40.6. The van der Waals surface area contributed by atoms with E-state index in [1.807, 2.05) is 0 Å². The van der Waals surface area contributed by atoms with Gasteiger partial charge < -0.3 is 5.32 Å². The van der Waals surface area contributed by atoms with Crippen LogP contribution in [0.3, 0.4) is 0 Å². The van der Waals surface area contributed by atoms with Crippen molar-refractivity contribution in [1.29, 1.82) is 0 Å². The number of nitrogens with one attached hydrogen (secondary N) is 1. The lowest BCUT2D eigenvalue weighted by atomic mass is 10.2. The highest BCUT2D eigenvalue weighted by atomic mass is 19.3. The van der Waals surface area contributed by atoms with E-state index in [9.17, 15) is 18.0 Å². The van der Waals surface area contributed by atoms with Gasteiger partial charge in [-0.25, -0.2) is 22.7 Å². The van der Waals surface area contributed by atoms with Crippen molar-refractivity contribution in [2.45, 2.75) is 31.7 Å². The van der Waals surface area contributed by atoms with Gasteiger partial charge in [0.25, 0.3) is 12.3 Å². The molecule has 1 aromatic carbocycles. The first-order chi connectivity index (χ1) is 12.5. The number of benzene rings is 1. The van der Waals surface area contributed by atoms with Crippen molar-refractivity contribution >= 4 is 11.6 Å². The second-order valence-electron chi connectivity index (χ2n) is 6.29. The summed E-state index contributed by atoms with van der Waals surface area (Å²) in [5.41, 5.74) is 1.30. The van der Waals surface area contributed by atoms with E-state index < -0.39 is 12.3 Å². The zero-order chi connectivity index (χ0) is 18.3. The molecule has 5 nitrogen and oxygen atoms in total. The third-order valence-corrected chi connectivity index (χ3v) is 4.29. The largest absolute Gasteiger partial charge is 0.347 e. The number of aromatic nitrogens is 3. The Morgan fingerprint density at radius 1 is 1.23 bits per heavy atom. The molecule has 1 aliphatic carbocycles. The zero-order valence-corrected chi connectivity index (χ0v) is 13.6. The highest BCUT2D eigenvalue weighted by Crippen LogP contribution is 2.40. The Kier molecular flexibility index (Phi) is 4.10. The lowest BCUT2D eigenvalue weighted by molar-refractivity contribution is 0.0944. The van der Waals surface area contributed by atoms with Crippen molar-refractivity contribution in [3.63, 3.8) is 0 Å². The van der Waals surface area contributed by atoms with Crippen LogP contribution in [0.4, 0.5) is 13.2 Å². The van der Waals surface area contributed by atoms with Gasteiger partial charge in [-0.15, -0.1) is 0 Å². The van der Waals surface area contributed by atoms with Gasteiger partial charge in [0.15, 0.2) is 11.3 Å². The van der Waals surface area contributed by atoms with Gasteiger partial charge in [-0.3, -0.25) is 4.79 Å². The second kappa shape index (κ2) is 6.44. The summed E-state index contributed by atoms with van der Waals surface area (Å²) in [5.74, 6) is -0.659. The van der Waals surface area contributed by atoms with Gasteiger partial charge in [-0.2, -0.15) is 5.10 Å². The molecule has 1 amide bonds. The summed E-state index contributed by atoms with van der Waals surface area (Å²) in [6.45, 7) is 0.176. The normalized spacial score (nSPS) is 14.2. The minimum Gasteiger partial charge on any atom is -0.347 e. The van der Waals surface area contributed by atoms with Gasteiger partial charge >= 0.3 is 0 Å². The Morgan fingerprint density at radius 2 is 1.96 bits per heavy atom. The Labute approximate surface area is 146 Å². The molecule has 4 rings (SSSR count). The zero-order valence-electron chi connectivity index (χ0n) is 13.6. The second-order valence-corrected chi connectivity index (χ2v) is 6.29. The monoisotopic (exact) mass is 360 g/mol. The van der Waals surface area contributed by atoms with E-state index in [-0.39, 0.29) is 35.3 Å². The molecule has 8 heteroatoms. The molecule has 1 saturated carbocycles. The van der Waals surface area contributed by atoms with Crippen LogP contribution in [0.5, 0.6) is 0 Å². The fraction of sp³-hybridized carbons (Fsp3) is 0.278. The fourth-order valence-corrected chi connectivity index (χ4v) is 2.75. The quantitative estimate of drug-likeness (QED) is 0.756. The maximum absolute atomic E-state index is 13.4.